The lowest BCUT2D eigenvalue weighted by atomic mass is 10.1. The van der Waals surface area contributed by atoms with Gasteiger partial charge >= 0.3 is 0 Å². The summed E-state index contributed by atoms with van der Waals surface area (Å²) < 4.78 is 1.03. The van der Waals surface area contributed by atoms with Gasteiger partial charge in [-0.05, 0) is 17.7 Å². The van der Waals surface area contributed by atoms with E-state index in [1.807, 2.05) is 79.8 Å². The van der Waals surface area contributed by atoms with Gasteiger partial charge < -0.3 is 4.90 Å². The van der Waals surface area contributed by atoms with Crippen molar-refractivity contribution >= 4 is 44.4 Å². The summed E-state index contributed by atoms with van der Waals surface area (Å²) in [4.78, 5) is 14.4. The first-order chi connectivity index (χ1) is 14.6. The molecule has 1 aromatic heterocycles. The van der Waals surface area contributed by atoms with Crippen LogP contribution in [0.2, 0.25) is 0 Å². The quantitative estimate of drug-likeness (QED) is 0.328. The van der Waals surface area contributed by atoms with Gasteiger partial charge in [-0.15, -0.1) is 10.2 Å². The molecule has 0 unspecified atom stereocenters. The third kappa shape index (κ3) is 4.71. The van der Waals surface area contributed by atoms with Gasteiger partial charge in [0.1, 0.15) is 10.7 Å². The van der Waals surface area contributed by atoms with Crippen LogP contribution < -0.4 is 0 Å². The molecule has 0 saturated heterocycles. The smallest absolute Gasteiger partial charge is 0.233 e. The van der Waals surface area contributed by atoms with Gasteiger partial charge in [0, 0.05) is 34.4 Å². The van der Waals surface area contributed by atoms with Crippen molar-refractivity contribution in [2.24, 2.45) is 0 Å². The summed E-state index contributed by atoms with van der Waals surface area (Å²) in [6, 6.07) is 26.1. The lowest BCUT2D eigenvalue weighted by Crippen LogP contribution is -2.27. The number of nitrogens with zero attached hydrogens (tertiary/aromatic N) is 3. The Hall–Kier alpha value is -2.70. The van der Waals surface area contributed by atoms with Crippen molar-refractivity contribution in [3.63, 3.8) is 0 Å². The summed E-state index contributed by atoms with van der Waals surface area (Å²) in [7, 11) is 1.83. The van der Waals surface area contributed by atoms with E-state index in [2.05, 4.69) is 32.2 Å². The zero-order valence-corrected chi connectivity index (χ0v) is 18.9. The van der Waals surface area contributed by atoms with Crippen LogP contribution in [0.3, 0.4) is 0 Å². The highest BCUT2D eigenvalue weighted by atomic mass is 79.9. The van der Waals surface area contributed by atoms with E-state index < -0.39 is 0 Å². The Labute approximate surface area is 188 Å². The summed E-state index contributed by atoms with van der Waals surface area (Å²) in [6.07, 6.45) is 0. The fourth-order valence-electron chi connectivity index (χ4n) is 3.19. The first-order valence-electron chi connectivity index (χ1n) is 9.54. The van der Waals surface area contributed by atoms with Crippen LogP contribution in [-0.2, 0) is 11.3 Å². The second-order valence-electron chi connectivity index (χ2n) is 6.93. The summed E-state index contributed by atoms with van der Waals surface area (Å²) in [5.74, 6) is 0.372. The number of thioether (sulfide) groups is 1. The molecule has 0 aliphatic rings. The zero-order chi connectivity index (χ0) is 20.9. The number of aromatic nitrogens is 2. The Morgan fingerprint density at radius 3 is 2.30 bits per heavy atom. The van der Waals surface area contributed by atoms with E-state index in [1.54, 1.807) is 4.90 Å². The molecule has 0 atom stereocenters. The molecule has 0 aliphatic carbocycles. The minimum absolute atomic E-state index is 0.0564. The molecule has 0 aliphatic heterocycles. The minimum atomic E-state index is 0.0564. The van der Waals surface area contributed by atoms with Crippen LogP contribution in [0.15, 0.2) is 88.4 Å². The molecule has 0 N–H and O–H groups in total. The molecular formula is C24H20BrN3OS. The van der Waals surface area contributed by atoms with Crippen molar-refractivity contribution in [2.45, 2.75) is 11.6 Å². The fraction of sp³-hybridized carbons (Fsp3) is 0.125. The van der Waals surface area contributed by atoms with Crippen molar-refractivity contribution < 1.29 is 4.79 Å². The van der Waals surface area contributed by atoms with Gasteiger partial charge in [-0.2, -0.15) is 0 Å². The number of fused-ring (bicyclic) bond motifs is 1. The average Bonchev–Trinajstić information content (AvgIpc) is 2.79. The normalized spacial score (nSPS) is 10.9. The highest BCUT2D eigenvalue weighted by molar-refractivity contribution is 9.10. The summed E-state index contributed by atoms with van der Waals surface area (Å²) in [5, 5.41) is 11.7. The maximum absolute atomic E-state index is 12.7. The third-order valence-corrected chi connectivity index (χ3v) is 6.29. The van der Waals surface area contributed by atoms with E-state index in [0.717, 1.165) is 37.1 Å². The molecule has 0 bridgehead atoms. The Morgan fingerprint density at radius 1 is 0.900 bits per heavy atom. The molecular weight excluding hydrogens is 458 g/mol. The summed E-state index contributed by atoms with van der Waals surface area (Å²) in [6.45, 7) is 0.575. The van der Waals surface area contributed by atoms with Gasteiger partial charge in [-0.1, -0.05) is 94.4 Å². The zero-order valence-electron chi connectivity index (χ0n) is 16.5. The molecule has 150 valence electrons. The first kappa shape index (κ1) is 20.6. The van der Waals surface area contributed by atoms with Crippen molar-refractivity contribution in [3.8, 4) is 11.3 Å². The molecule has 4 aromatic rings. The number of carbonyl (C=O) groups is 1. The Bertz CT molecular complexity index is 1170. The van der Waals surface area contributed by atoms with E-state index in [1.165, 1.54) is 11.8 Å². The number of hydrogen-bond acceptors (Lipinski definition) is 4. The largest absolute Gasteiger partial charge is 0.341 e. The SMILES string of the molecule is CN(Cc1ccc(Br)cc1)C(=O)CSc1nnc(-c2ccccc2)c2ccccc12. The van der Waals surface area contributed by atoms with E-state index in [0.29, 0.717) is 12.3 Å². The fourth-order valence-corrected chi connectivity index (χ4v) is 4.36. The van der Waals surface area contributed by atoms with Gasteiger partial charge in [0.15, 0.2) is 0 Å². The maximum atomic E-state index is 12.7. The number of rotatable bonds is 6. The lowest BCUT2D eigenvalue weighted by Gasteiger charge is -2.17. The number of benzene rings is 3. The number of amides is 1. The summed E-state index contributed by atoms with van der Waals surface area (Å²) >= 11 is 4.87. The second-order valence-corrected chi connectivity index (χ2v) is 8.81. The molecule has 3 aromatic carbocycles. The van der Waals surface area contributed by atoms with E-state index in [4.69, 9.17) is 0 Å². The van der Waals surface area contributed by atoms with Crippen molar-refractivity contribution in [3.05, 3.63) is 88.9 Å². The predicted molar refractivity (Wildman–Crippen MR) is 126 cm³/mol. The molecule has 1 heterocycles. The van der Waals surface area contributed by atoms with E-state index in [9.17, 15) is 4.79 Å². The van der Waals surface area contributed by atoms with Crippen molar-refractivity contribution in [1.29, 1.82) is 0 Å². The Balaban J connectivity index is 1.50. The van der Waals surface area contributed by atoms with Gasteiger partial charge in [0.05, 0.1) is 5.75 Å². The van der Waals surface area contributed by atoms with Gasteiger partial charge in [0.25, 0.3) is 0 Å². The minimum Gasteiger partial charge on any atom is -0.341 e. The number of carbonyl (C=O) groups excluding carboxylic acids is 1. The van der Waals surface area contributed by atoms with Crippen LogP contribution >= 0.6 is 27.7 Å². The highest BCUT2D eigenvalue weighted by Crippen LogP contribution is 2.31. The van der Waals surface area contributed by atoms with Crippen LogP contribution in [-0.4, -0.2) is 33.8 Å². The molecule has 30 heavy (non-hydrogen) atoms. The van der Waals surface area contributed by atoms with Crippen molar-refractivity contribution in [1.82, 2.24) is 15.1 Å². The van der Waals surface area contributed by atoms with E-state index in [-0.39, 0.29) is 5.91 Å². The third-order valence-electron chi connectivity index (χ3n) is 4.79. The van der Waals surface area contributed by atoms with Crippen LogP contribution in [0.1, 0.15) is 5.56 Å². The highest BCUT2D eigenvalue weighted by Gasteiger charge is 2.14. The summed E-state index contributed by atoms with van der Waals surface area (Å²) in [5.41, 5.74) is 2.98. The monoisotopic (exact) mass is 477 g/mol. The number of halogens is 1. The van der Waals surface area contributed by atoms with Gasteiger partial charge in [0.2, 0.25) is 5.91 Å². The standard InChI is InChI=1S/C24H20BrN3OS/c1-28(15-17-11-13-19(25)14-12-17)22(29)16-30-24-21-10-6-5-9-20(21)23(26-27-24)18-7-3-2-4-8-18/h2-14H,15-16H2,1H3. The molecule has 0 fully saturated rings. The topological polar surface area (TPSA) is 46.1 Å². The average molecular weight is 478 g/mol. The molecule has 4 nitrogen and oxygen atoms in total. The Morgan fingerprint density at radius 2 is 1.57 bits per heavy atom. The molecule has 0 saturated carbocycles. The van der Waals surface area contributed by atoms with Crippen LogP contribution in [0, 0.1) is 0 Å². The first-order valence-corrected chi connectivity index (χ1v) is 11.3. The maximum Gasteiger partial charge on any atom is 0.233 e. The van der Waals surface area contributed by atoms with Crippen molar-refractivity contribution in [2.75, 3.05) is 12.8 Å². The second kappa shape index (κ2) is 9.41. The van der Waals surface area contributed by atoms with Crippen LogP contribution in [0.25, 0.3) is 22.0 Å². The lowest BCUT2D eigenvalue weighted by molar-refractivity contribution is -0.127. The molecule has 0 radical (unpaired) electrons. The van der Waals surface area contributed by atoms with E-state index >= 15 is 0 Å². The number of hydrogen-bond donors (Lipinski definition) is 0. The molecule has 1 amide bonds. The Kier molecular flexibility index (Phi) is 6.45. The van der Waals surface area contributed by atoms with Gasteiger partial charge in [-0.3, -0.25) is 4.79 Å². The molecule has 6 heteroatoms. The van der Waals surface area contributed by atoms with Crippen LogP contribution in [0.5, 0.6) is 0 Å². The predicted octanol–water partition coefficient (Wildman–Crippen LogP) is 5.81. The molecule has 4 rings (SSSR count). The van der Waals surface area contributed by atoms with Crippen LogP contribution in [0.4, 0.5) is 0 Å². The molecule has 0 spiro atoms. The van der Waals surface area contributed by atoms with Gasteiger partial charge in [-0.25, -0.2) is 0 Å².